The molecule has 0 atom stereocenters. The van der Waals surface area contributed by atoms with Crippen molar-refractivity contribution in [3.63, 3.8) is 0 Å². The van der Waals surface area contributed by atoms with Crippen molar-refractivity contribution in [1.82, 2.24) is 15.2 Å². The maximum atomic E-state index is 13.3. The molecule has 0 radical (unpaired) electrons. The van der Waals surface area contributed by atoms with E-state index in [1.165, 1.54) is 4.68 Å². The third kappa shape index (κ3) is 4.34. The number of rotatable bonds is 5. The zero-order chi connectivity index (χ0) is 21.8. The Morgan fingerprint density at radius 2 is 1.52 bits per heavy atom. The highest BCUT2D eigenvalue weighted by molar-refractivity contribution is 6.30. The van der Waals surface area contributed by atoms with Crippen LogP contribution in [-0.2, 0) is 0 Å². The molecule has 4 rings (SSSR count). The molecule has 0 spiro atoms. The van der Waals surface area contributed by atoms with Crippen molar-refractivity contribution >= 4 is 23.2 Å². The second-order valence-corrected chi connectivity index (χ2v) is 7.30. The van der Waals surface area contributed by atoms with Crippen molar-refractivity contribution < 1.29 is 4.79 Å². The molecule has 4 aromatic rings. The number of nitrogens with one attached hydrogen (secondary N) is 2. The molecule has 0 aliphatic heterocycles. The standard InChI is InChI=1S/C24H19ClN4O2/c1-16-21(24(31)29(28-16)20-10-6-3-7-11-20)22(17-8-4-2-5-9-17)26-27-23(30)18-12-14-19(25)15-13-18/h2-15,28H,1H3,(H,27,30)/b26-22-. The minimum Gasteiger partial charge on any atom is -0.295 e. The minimum atomic E-state index is -0.401. The molecule has 0 saturated heterocycles. The summed E-state index contributed by atoms with van der Waals surface area (Å²) in [6.45, 7) is 1.80. The van der Waals surface area contributed by atoms with Crippen molar-refractivity contribution in [2.45, 2.75) is 6.92 Å². The van der Waals surface area contributed by atoms with Crippen LogP contribution >= 0.6 is 11.6 Å². The molecule has 7 heteroatoms. The van der Waals surface area contributed by atoms with Crippen LogP contribution in [0.2, 0.25) is 5.02 Å². The molecule has 0 bridgehead atoms. The molecule has 0 saturated carbocycles. The minimum absolute atomic E-state index is 0.257. The first-order chi connectivity index (χ1) is 15.0. The maximum Gasteiger partial charge on any atom is 0.281 e. The largest absolute Gasteiger partial charge is 0.295 e. The molecule has 1 heterocycles. The molecule has 2 N–H and O–H groups in total. The number of aromatic amines is 1. The zero-order valence-electron chi connectivity index (χ0n) is 16.7. The third-order valence-electron chi connectivity index (χ3n) is 4.75. The molecule has 154 valence electrons. The van der Waals surface area contributed by atoms with E-state index in [0.29, 0.717) is 38.8 Å². The van der Waals surface area contributed by atoms with E-state index >= 15 is 0 Å². The highest BCUT2D eigenvalue weighted by Gasteiger charge is 2.20. The Bertz CT molecular complexity index is 1290. The normalized spacial score (nSPS) is 11.4. The van der Waals surface area contributed by atoms with E-state index in [-0.39, 0.29) is 5.56 Å². The van der Waals surface area contributed by atoms with Crippen molar-refractivity contribution in [3.05, 3.63) is 123 Å². The first-order valence-corrected chi connectivity index (χ1v) is 9.99. The average molecular weight is 431 g/mol. The lowest BCUT2D eigenvalue weighted by Gasteiger charge is -2.07. The topological polar surface area (TPSA) is 79.2 Å². The number of hydrogen-bond donors (Lipinski definition) is 2. The molecule has 0 aliphatic carbocycles. The summed E-state index contributed by atoms with van der Waals surface area (Å²) in [5, 5.41) is 7.98. The quantitative estimate of drug-likeness (QED) is 0.365. The number of aryl methyl sites for hydroxylation is 1. The van der Waals surface area contributed by atoms with Gasteiger partial charge in [0.2, 0.25) is 0 Å². The Morgan fingerprint density at radius 3 is 2.16 bits per heavy atom. The molecule has 3 aromatic carbocycles. The van der Waals surface area contributed by atoms with E-state index in [2.05, 4.69) is 15.6 Å². The van der Waals surface area contributed by atoms with E-state index in [9.17, 15) is 9.59 Å². The van der Waals surface area contributed by atoms with Crippen LogP contribution in [0.15, 0.2) is 94.8 Å². The lowest BCUT2D eigenvalue weighted by Crippen LogP contribution is -2.25. The number of para-hydroxylation sites is 1. The molecule has 6 nitrogen and oxygen atoms in total. The second kappa shape index (κ2) is 8.85. The van der Waals surface area contributed by atoms with Gasteiger partial charge in [-0.05, 0) is 43.3 Å². The molecule has 0 fully saturated rings. The molecular weight excluding hydrogens is 412 g/mol. The highest BCUT2D eigenvalue weighted by atomic mass is 35.5. The van der Waals surface area contributed by atoms with Gasteiger partial charge in [-0.25, -0.2) is 10.1 Å². The lowest BCUT2D eigenvalue weighted by atomic mass is 10.0. The summed E-state index contributed by atoms with van der Waals surface area (Å²) >= 11 is 5.89. The average Bonchev–Trinajstić information content (AvgIpc) is 3.10. The molecular formula is C24H19ClN4O2. The Hall–Kier alpha value is -3.90. The Kier molecular flexibility index (Phi) is 5.82. The predicted octanol–water partition coefficient (Wildman–Crippen LogP) is 4.31. The smallest absolute Gasteiger partial charge is 0.281 e. The summed E-state index contributed by atoms with van der Waals surface area (Å²) in [7, 11) is 0. The number of hydrazone groups is 1. The van der Waals surface area contributed by atoms with Crippen LogP contribution in [0.3, 0.4) is 0 Å². The summed E-state index contributed by atoms with van der Waals surface area (Å²) in [5.74, 6) is -0.401. The molecule has 0 aliphatic rings. The second-order valence-electron chi connectivity index (χ2n) is 6.86. The van der Waals surface area contributed by atoms with Gasteiger partial charge in [0.05, 0.1) is 11.3 Å². The fourth-order valence-corrected chi connectivity index (χ4v) is 3.34. The van der Waals surface area contributed by atoms with Crippen molar-refractivity contribution in [3.8, 4) is 5.69 Å². The van der Waals surface area contributed by atoms with Crippen molar-refractivity contribution in [1.29, 1.82) is 0 Å². The number of amides is 1. The molecule has 1 amide bonds. The van der Waals surface area contributed by atoms with Crippen molar-refractivity contribution in [2.75, 3.05) is 0 Å². The van der Waals surface area contributed by atoms with Crippen LogP contribution in [-0.4, -0.2) is 21.4 Å². The number of halogens is 1. The maximum absolute atomic E-state index is 13.3. The molecule has 31 heavy (non-hydrogen) atoms. The van der Waals surface area contributed by atoms with Gasteiger partial charge in [0.25, 0.3) is 11.5 Å². The SMILES string of the molecule is Cc1[nH]n(-c2ccccc2)c(=O)c1/C(=N\NC(=O)c1ccc(Cl)cc1)c1ccccc1. The fourth-order valence-electron chi connectivity index (χ4n) is 3.22. The lowest BCUT2D eigenvalue weighted by molar-refractivity contribution is 0.0955. The van der Waals surface area contributed by atoms with Gasteiger partial charge in [0.1, 0.15) is 5.71 Å². The van der Waals surface area contributed by atoms with Crippen LogP contribution in [0.1, 0.15) is 27.2 Å². The van der Waals surface area contributed by atoms with Crippen LogP contribution in [0, 0.1) is 6.92 Å². The van der Waals surface area contributed by atoms with E-state index in [0.717, 1.165) is 0 Å². The van der Waals surface area contributed by atoms with Crippen LogP contribution < -0.4 is 11.0 Å². The number of hydrogen-bond acceptors (Lipinski definition) is 3. The number of carbonyl (C=O) groups excluding carboxylic acids is 1. The van der Waals surface area contributed by atoms with Gasteiger partial charge in [-0.15, -0.1) is 0 Å². The number of carbonyl (C=O) groups is 1. The first-order valence-electron chi connectivity index (χ1n) is 9.61. The zero-order valence-corrected chi connectivity index (χ0v) is 17.4. The number of H-pyrrole nitrogens is 1. The molecule has 1 aromatic heterocycles. The first kappa shape index (κ1) is 20.4. The summed E-state index contributed by atoms with van der Waals surface area (Å²) in [5.41, 5.74) is 5.52. The van der Waals surface area contributed by atoms with Gasteiger partial charge < -0.3 is 0 Å². The summed E-state index contributed by atoms with van der Waals surface area (Å²) in [6, 6.07) is 25.0. The summed E-state index contributed by atoms with van der Waals surface area (Å²) in [4.78, 5) is 25.8. The van der Waals surface area contributed by atoms with Crippen LogP contribution in [0.25, 0.3) is 5.69 Å². The predicted molar refractivity (Wildman–Crippen MR) is 122 cm³/mol. The number of aromatic nitrogens is 2. The van der Waals surface area contributed by atoms with Crippen molar-refractivity contribution in [2.24, 2.45) is 5.10 Å². The number of nitrogens with zero attached hydrogens (tertiary/aromatic N) is 2. The van der Waals surface area contributed by atoms with E-state index in [4.69, 9.17) is 11.6 Å². The fraction of sp³-hybridized carbons (Fsp3) is 0.0417. The highest BCUT2D eigenvalue weighted by Crippen LogP contribution is 2.14. The Morgan fingerprint density at radius 1 is 0.903 bits per heavy atom. The molecule has 0 unspecified atom stereocenters. The summed E-state index contributed by atoms with van der Waals surface area (Å²) < 4.78 is 1.46. The van der Waals surface area contributed by atoms with E-state index in [1.54, 1.807) is 31.2 Å². The van der Waals surface area contributed by atoms with Crippen LogP contribution in [0.4, 0.5) is 0 Å². The Labute approximate surface area is 183 Å². The van der Waals surface area contributed by atoms with Gasteiger partial charge in [0.15, 0.2) is 0 Å². The van der Waals surface area contributed by atoms with Gasteiger partial charge in [-0.1, -0.05) is 60.1 Å². The van der Waals surface area contributed by atoms with Gasteiger partial charge in [-0.3, -0.25) is 14.7 Å². The monoisotopic (exact) mass is 430 g/mol. The van der Waals surface area contributed by atoms with Gasteiger partial charge in [0, 0.05) is 21.8 Å². The Balaban J connectivity index is 1.77. The van der Waals surface area contributed by atoms with Crippen LogP contribution in [0.5, 0.6) is 0 Å². The third-order valence-corrected chi connectivity index (χ3v) is 5.00. The number of benzene rings is 3. The van der Waals surface area contributed by atoms with E-state index in [1.807, 2.05) is 60.7 Å². The van der Waals surface area contributed by atoms with Gasteiger partial charge >= 0.3 is 0 Å². The van der Waals surface area contributed by atoms with Gasteiger partial charge in [-0.2, -0.15) is 5.10 Å². The summed E-state index contributed by atoms with van der Waals surface area (Å²) in [6.07, 6.45) is 0. The van der Waals surface area contributed by atoms with E-state index < -0.39 is 5.91 Å².